The molecule has 0 radical (unpaired) electrons. The molecule has 4 aromatic carbocycles. The van der Waals surface area contributed by atoms with Crippen molar-refractivity contribution in [1.82, 2.24) is 0 Å². The molecular weight excluding hydrogens is 392 g/mol. The molecule has 0 bridgehead atoms. The smallest absolute Gasteiger partial charge is 0.288 e. The summed E-state index contributed by atoms with van der Waals surface area (Å²) in [5, 5.41) is 0. The predicted octanol–water partition coefficient (Wildman–Crippen LogP) is 7.79. The Balaban J connectivity index is 1.85. The molecule has 0 saturated heterocycles. The van der Waals surface area contributed by atoms with Crippen LogP contribution in [-0.4, -0.2) is 5.78 Å². The van der Waals surface area contributed by atoms with Crippen molar-refractivity contribution in [3.63, 3.8) is 0 Å². The SMILES string of the molecule is O=C(c1ccccc1)c1c(-c2ccccc2)cc(-c2ccccc2)[o+]c1-c1ccccc1. The molecular formula is C30H21O2+. The molecule has 0 aliphatic carbocycles. The summed E-state index contributed by atoms with van der Waals surface area (Å²) in [4.78, 5) is 13.8. The highest BCUT2D eigenvalue weighted by atomic mass is 16.3. The molecule has 5 aromatic rings. The van der Waals surface area contributed by atoms with Crippen LogP contribution in [-0.2, 0) is 0 Å². The molecule has 1 aromatic heterocycles. The number of carbonyl (C=O) groups is 1. The standard InChI is InChI=1S/C30H21O2/c31-29(24-17-9-3-10-18-24)28-26(22-13-5-1-6-14-22)21-27(23-15-7-2-8-16-23)32-30(28)25-19-11-4-12-20-25/h1-21H/q+1. The minimum absolute atomic E-state index is 0.0633. The lowest BCUT2D eigenvalue weighted by molar-refractivity contribution is 0.103. The van der Waals surface area contributed by atoms with E-state index in [2.05, 4.69) is 0 Å². The molecule has 32 heavy (non-hydrogen) atoms. The highest BCUT2D eigenvalue weighted by Crippen LogP contribution is 2.38. The van der Waals surface area contributed by atoms with Gasteiger partial charge in [-0.05, 0) is 29.8 Å². The van der Waals surface area contributed by atoms with Crippen molar-refractivity contribution in [1.29, 1.82) is 0 Å². The number of benzene rings is 4. The zero-order chi connectivity index (χ0) is 21.8. The monoisotopic (exact) mass is 413 g/mol. The van der Waals surface area contributed by atoms with Crippen molar-refractivity contribution in [2.45, 2.75) is 0 Å². The summed E-state index contributed by atoms with van der Waals surface area (Å²) in [5.74, 6) is 1.22. The van der Waals surface area contributed by atoms with Crippen LogP contribution in [0.1, 0.15) is 15.9 Å². The van der Waals surface area contributed by atoms with Gasteiger partial charge in [-0.2, -0.15) is 0 Å². The third-order valence-corrected chi connectivity index (χ3v) is 5.43. The summed E-state index contributed by atoms with van der Waals surface area (Å²) in [7, 11) is 0. The van der Waals surface area contributed by atoms with Gasteiger partial charge in [0.25, 0.3) is 0 Å². The Bertz CT molecular complexity index is 1280. The fourth-order valence-corrected chi connectivity index (χ4v) is 3.86. The van der Waals surface area contributed by atoms with Crippen LogP contribution in [0.2, 0.25) is 0 Å². The summed E-state index contributed by atoms with van der Waals surface area (Å²) in [6.07, 6.45) is 0. The molecule has 0 atom stereocenters. The van der Waals surface area contributed by atoms with Crippen LogP contribution >= 0.6 is 0 Å². The van der Waals surface area contributed by atoms with Gasteiger partial charge in [0, 0.05) is 11.1 Å². The largest absolute Gasteiger partial charge is 0.372 e. The average Bonchev–Trinajstić information content (AvgIpc) is 2.89. The second-order valence-electron chi connectivity index (χ2n) is 7.52. The number of rotatable bonds is 5. The number of ketones is 1. The summed E-state index contributed by atoms with van der Waals surface area (Å²) < 4.78 is 6.46. The molecule has 0 unspecified atom stereocenters. The molecule has 0 amide bonds. The van der Waals surface area contributed by atoms with Gasteiger partial charge in [-0.1, -0.05) is 97.1 Å². The van der Waals surface area contributed by atoms with E-state index in [0.717, 1.165) is 22.3 Å². The molecule has 0 saturated carbocycles. The lowest BCUT2D eigenvalue weighted by atomic mass is 9.90. The molecule has 2 heteroatoms. The van der Waals surface area contributed by atoms with Gasteiger partial charge in [0.15, 0.2) is 0 Å². The first kappa shape index (κ1) is 19.7. The molecule has 1 heterocycles. The minimum atomic E-state index is -0.0633. The number of carbonyl (C=O) groups excluding carboxylic acids is 1. The van der Waals surface area contributed by atoms with Crippen LogP contribution in [0.5, 0.6) is 0 Å². The van der Waals surface area contributed by atoms with Crippen molar-refractivity contribution in [3.05, 3.63) is 139 Å². The van der Waals surface area contributed by atoms with Crippen LogP contribution in [0.4, 0.5) is 0 Å². The molecule has 0 fully saturated rings. The van der Waals surface area contributed by atoms with Crippen LogP contribution in [0.3, 0.4) is 0 Å². The Morgan fingerprint density at radius 2 is 1.00 bits per heavy atom. The first-order valence-corrected chi connectivity index (χ1v) is 10.6. The van der Waals surface area contributed by atoms with Gasteiger partial charge in [-0.3, -0.25) is 4.79 Å². The molecule has 2 nitrogen and oxygen atoms in total. The van der Waals surface area contributed by atoms with E-state index in [1.54, 1.807) is 0 Å². The molecule has 5 rings (SSSR count). The van der Waals surface area contributed by atoms with Crippen molar-refractivity contribution < 1.29 is 9.21 Å². The minimum Gasteiger partial charge on any atom is -0.288 e. The highest BCUT2D eigenvalue weighted by molar-refractivity contribution is 6.16. The maximum absolute atomic E-state index is 13.8. The third-order valence-electron chi connectivity index (χ3n) is 5.43. The maximum atomic E-state index is 13.8. The van der Waals surface area contributed by atoms with Crippen molar-refractivity contribution in [2.75, 3.05) is 0 Å². The molecule has 0 aliphatic rings. The Morgan fingerprint density at radius 1 is 0.531 bits per heavy atom. The predicted molar refractivity (Wildman–Crippen MR) is 129 cm³/mol. The van der Waals surface area contributed by atoms with E-state index < -0.39 is 0 Å². The third kappa shape index (κ3) is 3.86. The zero-order valence-electron chi connectivity index (χ0n) is 17.4. The normalized spacial score (nSPS) is 10.6. The summed E-state index contributed by atoms with van der Waals surface area (Å²) in [6, 6.07) is 41.2. The van der Waals surface area contributed by atoms with E-state index in [1.165, 1.54) is 0 Å². The zero-order valence-corrected chi connectivity index (χ0v) is 17.4. The summed E-state index contributed by atoms with van der Waals surface area (Å²) in [6.45, 7) is 0. The van der Waals surface area contributed by atoms with E-state index in [9.17, 15) is 4.79 Å². The van der Waals surface area contributed by atoms with E-state index in [0.29, 0.717) is 22.6 Å². The van der Waals surface area contributed by atoms with Crippen molar-refractivity contribution >= 4 is 5.78 Å². The maximum Gasteiger partial charge on any atom is 0.372 e. The van der Waals surface area contributed by atoms with Gasteiger partial charge in [-0.15, -0.1) is 0 Å². The van der Waals surface area contributed by atoms with Crippen LogP contribution in [0.15, 0.2) is 132 Å². The molecule has 0 spiro atoms. The number of hydrogen-bond acceptors (Lipinski definition) is 1. The van der Waals surface area contributed by atoms with E-state index in [1.807, 2.05) is 127 Å². The summed E-state index contributed by atoms with van der Waals surface area (Å²) >= 11 is 0. The highest BCUT2D eigenvalue weighted by Gasteiger charge is 2.32. The van der Waals surface area contributed by atoms with E-state index in [4.69, 9.17) is 4.42 Å². The number of hydrogen-bond donors (Lipinski definition) is 0. The second kappa shape index (κ2) is 8.83. The molecule has 152 valence electrons. The van der Waals surface area contributed by atoms with Crippen LogP contribution in [0.25, 0.3) is 33.8 Å². The van der Waals surface area contributed by atoms with Crippen LogP contribution in [0, 0.1) is 0 Å². The van der Waals surface area contributed by atoms with Gasteiger partial charge < -0.3 is 0 Å². The molecule has 0 aliphatic heterocycles. The van der Waals surface area contributed by atoms with Crippen molar-refractivity contribution in [2.24, 2.45) is 0 Å². The molecule has 0 N–H and O–H groups in total. The first-order chi connectivity index (χ1) is 15.8. The topological polar surface area (TPSA) is 28.4 Å². The van der Waals surface area contributed by atoms with Gasteiger partial charge in [0.2, 0.25) is 5.78 Å². The Labute approximate surface area is 187 Å². The van der Waals surface area contributed by atoms with E-state index in [-0.39, 0.29) is 5.78 Å². The Hall–Kier alpha value is -4.30. The Morgan fingerprint density at radius 3 is 1.56 bits per heavy atom. The Kier molecular flexibility index (Phi) is 5.42. The first-order valence-electron chi connectivity index (χ1n) is 10.6. The lowest BCUT2D eigenvalue weighted by Crippen LogP contribution is -2.07. The second-order valence-corrected chi connectivity index (χ2v) is 7.52. The summed E-state index contributed by atoms with van der Waals surface area (Å²) in [5.41, 5.74) is 4.83. The fourth-order valence-electron chi connectivity index (χ4n) is 3.86. The van der Waals surface area contributed by atoms with Gasteiger partial charge in [0.1, 0.15) is 5.56 Å². The van der Waals surface area contributed by atoms with E-state index >= 15 is 0 Å². The fraction of sp³-hybridized carbons (Fsp3) is 0. The van der Waals surface area contributed by atoms with Gasteiger partial charge in [-0.25, -0.2) is 4.42 Å². The quantitative estimate of drug-likeness (QED) is 0.217. The van der Waals surface area contributed by atoms with Crippen LogP contribution < -0.4 is 0 Å². The average molecular weight is 413 g/mol. The van der Waals surface area contributed by atoms with Gasteiger partial charge >= 0.3 is 11.5 Å². The van der Waals surface area contributed by atoms with Crippen molar-refractivity contribution in [3.8, 4) is 33.8 Å². The van der Waals surface area contributed by atoms with Gasteiger partial charge in [0.05, 0.1) is 17.2 Å². The lowest BCUT2D eigenvalue weighted by Gasteiger charge is -2.10.